The summed E-state index contributed by atoms with van der Waals surface area (Å²) in [4.78, 5) is 17.9. The molecule has 1 heterocycles. The molecule has 12 heavy (non-hydrogen) atoms. The van der Waals surface area contributed by atoms with Crippen LogP contribution in [0.15, 0.2) is 6.20 Å². The number of halogens is 1. The van der Waals surface area contributed by atoms with E-state index >= 15 is 0 Å². The highest BCUT2D eigenvalue weighted by Gasteiger charge is 2.02. The Labute approximate surface area is 74.0 Å². The fraction of sp³-hybridized carbons (Fsp3) is 0.167. The van der Waals surface area contributed by atoms with Crippen LogP contribution in [0.1, 0.15) is 6.92 Å². The van der Waals surface area contributed by atoms with Crippen LogP contribution in [-0.4, -0.2) is 15.9 Å². The minimum Gasteiger partial charge on any atom is -0.382 e. The molecule has 0 bridgehead atoms. The van der Waals surface area contributed by atoms with Gasteiger partial charge in [-0.1, -0.05) is 0 Å². The van der Waals surface area contributed by atoms with Gasteiger partial charge < -0.3 is 11.1 Å². The van der Waals surface area contributed by atoms with Crippen molar-refractivity contribution in [2.45, 2.75) is 6.92 Å². The molecule has 0 saturated carbocycles. The lowest BCUT2D eigenvalue weighted by molar-refractivity contribution is -0.114. The first-order chi connectivity index (χ1) is 5.59. The number of carbonyl (C=O) groups is 1. The summed E-state index contributed by atoms with van der Waals surface area (Å²) in [5.41, 5.74) is 5.79. The number of hydrogen-bond acceptors (Lipinski definition) is 4. The van der Waals surface area contributed by atoms with Gasteiger partial charge in [0.15, 0.2) is 5.82 Å². The highest BCUT2D eigenvalue weighted by molar-refractivity contribution is 6.28. The van der Waals surface area contributed by atoms with Crippen LogP contribution in [-0.2, 0) is 4.79 Å². The van der Waals surface area contributed by atoms with E-state index in [9.17, 15) is 4.79 Å². The van der Waals surface area contributed by atoms with Gasteiger partial charge in [-0.2, -0.15) is 4.98 Å². The van der Waals surface area contributed by atoms with E-state index in [0.29, 0.717) is 5.69 Å². The van der Waals surface area contributed by atoms with Gasteiger partial charge in [-0.05, 0) is 11.6 Å². The predicted molar refractivity (Wildman–Crippen MR) is 45.8 cm³/mol. The second-order valence-electron chi connectivity index (χ2n) is 2.12. The number of nitrogens with one attached hydrogen (secondary N) is 1. The second-order valence-corrected chi connectivity index (χ2v) is 2.46. The fourth-order valence-corrected chi connectivity index (χ4v) is 0.798. The lowest BCUT2D eigenvalue weighted by Gasteiger charge is -2.03. The normalized spacial score (nSPS) is 9.50. The first-order valence-corrected chi connectivity index (χ1v) is 3.53. The molecule has 1 aromatic rings. The minimum atomic E-state index is -0.229. The average molecular weight is 187 g/mol. The third-order valence-corrected chi connectivity index (χ3v) is 1.28. The Morgan fingerprint density at radius 3 is 2.92 bits per heavy atom. The molecule has 0 aliphatic rings. The van der Waals surface area contributed by atoms with Gasteiger partial charge in [0.05, 0.1) is 6.20 Å². The maximum absolute atomic E-state index is 10.6. The van der Waals surface area contributed by atoms with Gasteiger partial charge in [0.2, 0.25) is 11.2 Å². The average Bonchev–Trinajstić information content (AvgIpc) is 1.94. The Morgan fingerprint density at radius 2 is 2.42 bits per heavy atom. The van der Waals surface area contributed by atoms with Crippen molar-refractivity contribution in [2.24, 2.45) is 0 Å². The number of carbonyl (C=O) groups excluding carboxylic acids is 1. The first kappa shape index (κ1) is 8.73. The van der Waals surface area contributed by atoms with E-state index in [0.717, 1.165) is 0 Å². The summed E-state index contributed by atoms with van der Waals surface area (Å²) in [5.74, 6) is -0.0715. The summed E-state index contributed by atoms with van der Waals surface area (Å²) in [6.45, 7) is 1.37. The van der Waals surface area contributed by atoms with Crippen molar-refractivity contribution >= 4 is 29.0 Å². The Kier molecular flexibility index (Phi) is 2.44. The first-order valence-electron chi connectivity index (χ1n) is 3.15. The number of rotatable bonds is 1. The highest BCUT2D eigenvalue weighted by atomic mass is 35.5. The number of nitrogens with two attached hydrogens (primary N) is 1. The van der Waals surface area contributed by atoms with Crippen molar-refractivity contribution in [1.29, 1.82) is 0 Å². The van der Waals surface area contributed by atoms with Gasteiger partial charge in [0, 0.05) is 6.92 Å². The molecule has 0 atom stereocenters. The van der Waals surface area contributed by atoms with Crippen LogP contribution in [0, 0.1) is 0 Å². The van der Waals surface area contributed by atoms with Crippen LogP contribution in [0.5, 0.6) is 0 Å². The number of nitrogen functional groups attached to an aromatic ring is 1. The Balaban J connectivity index is 2.93. The molecule has 1 rings (SSSR count). The zero-order valence-electron chi connectivity index (χ0n) is 6.34. The number of nitrogens with zero attached hydrogens (tertiary/aromatic N) is 2. The highest BCUT2D eigenvalue weighted by Crippen LogP contribution is 2.15. The maximum atomic E-state index is 10.6. The molecule has 0 aliphatic carbocycles. The predicted octanol–water partition coefficient (Wildman–Crippen LogP) is 0.671. The second kappa shape index (κ2) is 3.36. The standard InChI is InChI=1S/C6H7ClN4O/c1-3(12)10-4-2-9-6(7)11-5(4)8/h2H,1H3,(H,10,12)(H2,8,9,11). The molecular formula is C6H7ClN4O. The van der Waals surface area contributed by atoms with E-state index in [1.54, 1.807) is 0 Å². The Hall–Kier alpha value is -1.36. The third-order valence-electron chi connectivity index (χ3n) is 1.10. The zero-order valence-corrected chi connectivity index (χ0v) is 7.09. The minimum absolute atomic E-state index is 0.0570. The van der Waals surface area contributed by atoms with Crippen molar-refractivity contribution in [3.8, 4) is 0 Å². The van der Waals surface area contributed by atoms with Gasteiger partial charge in [-0.25, -0.2) is 4.98 Å². The summed E-state index contributed by atoms with van der Waals surface area (Å²) in [6.07, 6.45) is 1.35. The molecule has 0 fully saturated rings. The summed E-state index contributed by atoms with van der Waals surface area (Å²) in [7, 11) is 0. The van der Waals surface area contributed by atoms with Crippen LogP contribution >= 0.6 is 11.6 Å². The molecule has 0 radical (unpaired) electrons. The van der Waals surface area contributed by atoms with Crippen LogP contribution < -0.4 is 11.1 Å². The molecule has 0 spiro atoms. The summed E-state index contributed by atoms with van der Waals surface area (Å²) >= 11 is 5.44. The molecule has 1 amide bonds. The molecule has 64 valence electrons. The lowest BCUT2D eigenvalue weighted by atomic mass is 10.4. The van der Waals surface area contributed by atoms with Crippen LogP contribution in [0.2, 0.25) is 5.28 Å². The Bertz CT molecular complexity index is 314. The van der Waals surface area contributed by atoms with E-state index in [1.165, 1.54) is 13.1 Å². The zero-order chi connectivity index (χ0) is 9.14. The number of anilines is 2. The Morgan fingerprint density at radius 1 is 1.75 bits per heavy atom. The summed E-state index contributed by atoms with van der Waals surface area (Å²) in [5, 5.41) is 2.51. The van der Waals surface area contributed by atoms with Crippen molar-refractivity contribution < 1.29 is 4.79 Å². The topological polar surface area (TPSA) is 80.9 Å². The number of hydrogen-bond donors (Lipinski definition) is 2. The molecule has 1 aromatic heterocycles. The van der Waals surface area contributed by atoms with Crippen molar-refractivity contribution in [3.63, 3.8) is 0 Å². The third kappa shape index (κ3) is 2.06. The van der Waals surface area contributed by atoms with Crippen LogP contribution in [0.25, 0.3) is 0 Å². The SMILES string of the molecule is CC(=O)Nc1cnc(Cl)nc1N. The summed E-state index contributed by atoms with van der Waals surface area (Å²) < 4.78 is 0. The van der Waals surface area contributed by atoms with E-state index in [1.807, 2.05) is 0 Å². The van der Waals surface area contributed by atoms with Crippen molar-refractivity contribution in [3.05, 3.63) is 11.5 Å². The quantitative estimate of drug-likeness (QED) is 0.632. The molecule has 3 N–H and O–H groups in total. The largest absolute Gasteiger partial charge is 0.382 e. The van der Waals surface area contributed by atoms with Gasteiger partial charge in [-0.3, -0.25) is 4.79 Å². The smallest absolute Gasteiger partial charge is 0.224 e. The molecule has 0 aromatic carbocycles. The van der Waals surface area contributed by atoms with Crippen LogP contribution in [0.4, 0.5) is 11.5 Å². The molecule has 0 unspecified atom stereocenters. The van der Waals surface area contributed by atoms with Gasteiger partial charge >= 0.3 is 0 Å². The van der Waals surface area contributed by atoms with E-state index in [-0.39, 0.29) is 17.0 Å². The van der Waals surface area contributed by atoms with E-state index in [2.05, 4.69) is 15.3 Å². The monoisotopic (exact) mass is 186 g/mol. The molecule has 0 aliphatic heterocycles. The van der Waals surface area contributed by atoms with Crippen LogP contribution in [0.3, 0.4) is 0 Å². The summed E-state index contributed by atoms with van der Waals surface area (Å²) in [6, 6.07) is 0. The van der Waals surface area contributed by atoms with Gasteiger partial charge in [-0.15, -0.1) is 0 Å². The number of amides is 1. The van der Waals surface area contributed by atoms with Gasteiger partial charge in [0.1, 0.15) is 5.69 Å². The number of aromatic nitrogens is 2. The van der Waals surface area contributed by atoms with E-state index < -0.39 is 0 Å². The molecular weight excluding hydrogens is 180 g/mol. The van der Waals surface area contributed by atoms with Crippen molar-refractivity contribution in [1.82, 2.24) is 9.97 Å². The van der Waals surface area contributed by atoms with E-state index in [4.69, 9.17) is 17.3 Å². The fourth-order valence-electron chi connectivity index (χ4n) is 0.658. The molecule has 6 heteroatoms. The maximum Gasteiger partial charge on any atom is 0.224 e. The van der Waals surface area contributed by atoms with Crippen molar-refractivity contribution in [2.75, 3.05) is 11.1 Å². The molecule has 5 nitrogen and oxygen atoms in total. The van der Waals surface area contributed by atoms with Gasteiger partial charge in [0.25, 0.3) is 0 Å². The molecule has 0 saturated heterocycles. The lowest BCUT2D eigenvalue weighted by Crippen LogP contribution is -2.09.